The third kappa shape index (κ3) is 4.36. The van der Waals surface area contributed by atoms with Gasteiger partial charge >= 0.3 is 0 Å². The molecule has 1 aliphatic carbocycles. The van der Waals surface area contributed by atoms with Gasteiger partial charge in [-0.2, -0.15) is 11.8 Å². The molecule has 12 heavy (non-hydrogen) atoms. The summed E-state index contributed by atoms with van der Waals surface area (Å²) in [4.78, 5) is 0. The maximum atomic E-state index is 3.54. The van der Waals surface area contributed by atoms with Gasteiger partial charge in [-0.05, 0) is 31.6 Å². The molecule has 0 saturated heterocycles. The molecule has 1 saturated carbocycles. The Hall–Kier alpha value is 0.310. The molecule has 0 heterocycles. The number of thioether (sulfide) groups is 1. The van der Waals surface area contributed by atoms with E-state index >= 15 is 0 Å². The predicted octanol–water partition coefficient (Wildman–Crippen LogP) is 2.52. The smallest absolute Gasteiger partial charge is 0.00553 e. The SMILES string of the molecule is CSCCNCC1CCCCC1. The van der Waals surface area contributed by atoms with Crippen LogP contribution in [0.25, 0.3) is 0 Å². The summed E-state index contributed by atoms with van der Waals surface area (Å²) in [7, 11) is 0. The van der Waals surface area contributed by atoms with Gasteiger partial charge in [-0.1, -0.05) is 19.3 Å². The molecular formula is C10H21NS. The molecule has 0 amide bonds. The first-order valence-corrected chi connectivity index (χ1v) is 6.52. The highest BCUT2D eigenvalue weighted by Crippen LogP contribution is 2.22. The molecule has 1 aliphatic rings. The van der Waals surface area contributed by atoms with Crippen LogP contribution in [0.5, 0.6) is 0 Å². The van der Waals surface area contributed by atoms with Gasteiger partial charge in [0.15, 0.2) is 0 Å². The molecule has 0 bridgehead atoms. The maximum Gasteiger partial charge on any atom is 0.00553 e. The Morgan fingerprint density at radius 2 is 2.00 bits per heavy atom. The Balaban J connectivity index is 1.91. The van der Waals surface area contributed by atoms with Gasteiger partial charge in [0.2, 0.25) is 0 Å². The van der Waals surface area contributed by atoms with Crippen LogP contribution in [0, 0.1) is 5.92 Å². The van der Waals surface area contributed by atoms with Crippen molar-refractivity contribution in [3.8, 4) is 0 Å². The van der Waals surface area contributed by atoms with Crippen LogP contribution in [-0.2, 0) is 0 Å². The summed E-state index contributed by atoms with van der Waals surface area (Å²) in [6.45, 7) is 2.46. The fraction of sp³-hybridized carbons (Fsp3) is 1.00. The highest BCUT2D eigenvalue weighted by Gasteiger charge is 2.11. The average Bonchev–Trinajstić information content (AvgIpc) is 2.14. The van der Waals surface area contributed by atoms with Crippen molar-refractivity contribution >= 4 is 11.8 Å². The summed E-state index contributed by atoms with van der Waals surface area (Å²) in [6, 6.07) is 0. The number of hydrogen-bond donors (Lipinski definition) is 1. The van der Waals surface area contributed by atoms with E-state index in [2.05, 4.69) is 11.6 Å². The van der Waals surface area contributed by atoms with Crippen LogP contribution in [0.3, 0.4) is 0 Å². The molecule has 0 unspecified atom stereocenters. The molecule has 1 nitrogen and oxygen atoms in total. The first-order valence-electron chi connectivity index (χ1n) is 5.13. The van der Waals surface area contributed by atoms with Crippen molar-refractivity contribution in [2.75, 3.05) is 25.1 Å². The fourth-order valence-electron chi connectivity index (χ4n) is 1.87. The van der Waals surface area contributed by atoms with E-state index in [4.69, 9.17) is 0 Å². The zero-order valence-corrected chi connectivity index (χ0v) is 8.96. The van der Waals surface area contributed by atoms with Crippen molar-refractivity contribution in [2.24, 2.45) is 5.92 Å². The lowest BCUT2D eigenvalue weighted by molar-refractivity contribution is 0.345. The minimum Gasteiger partial charge on any atom is -0.316 e. The summed E-state index contributed by atoms with van der Waals surface area (Å²) < 4.78 is 0. The molecule has 0 aromatic rings. The second-order valence-electron chi connectivity index (χ2n) is 3.70. The highest BCUT2D eigenvalue weighted by atomic mass is 32.2. The first kappa shape index (κ1) is 10.4. The third-order valence-electron chi connectivity index (χ3n) is 2.64. The van der Waals surface area contributed by atoms with Crippen molar-refractivity contribution in [3.63, 3.8) is 0 Å². The van der Waals surface area contributed by atoms with E-state index in [1.165, 1.54) is 50.9 Å². The molecule has 1 rings (SSSR count). The molecule has 0 aliphatic heterocycles. The second kappa shape index (κ2) is 6.79. The Kier molecular flexibility index (Phi) is 5.88. The molecular weight excluding hydrogens is 166 g/mol. The van der Waals surface area contributed by atoms with E-state index in [0.29, 0.717) is 0 Å². The minimum absolute atomic E-state index is 0.987. The third-order valence-corrected chi connectivity index (χ3v) is 3.25. The summed E-state index contributed by atoms with van der Waals surface area (Å²) in [5, 5.41) is 3.54. The van der Waals surface area contributed by atoms with Gasteiger partial charge < -0.3 is 5.32 Å². The van der Waals surface area contributed by atoms with Crippen LogP contribution in [0.2, 0.25) is 0 Å². The Labute approximate surface area is 80.7 Å². The largest absolute Gasteiger partial charge is 0.316 e. The maximum absolute atomic E-state index is 3.54. The zero-order chi connectivity index (χ0) is 8.65. The zero-order valence-electron chi connectivity index (χ0n) is 8.14. The van der Waals surface area contributed by atoms with Crippen molar-refractivity contribution in [3.05, 3.63) is 0 Å². The summed E-state index contributed by atoms with van der Waals surface area (Å²) in [6.07, 6.45) is 9.51. The Morgan fingerprint density at radius 1 is 1.25 bits per heavy atom. The monoisotopic (exact) mass is 187 g/mol. The standard InChI is InChI=1S/C10H21NS/c1-12-8-7-11-9-10-5-3-2-4-6-10/h10-11H,2-9H2,1H3. The summed E-state index contributed by atoms with van der Waals surface area (Å²) in [5.41, 5.74) is 0. The lowest BCUT2D eigenvalue weighted by Gasteiger charge is -2.21. The fourth-order valence-corrected chi connectivity index (χ4v) is 2.22. The van der Waals surface area contributed by atoms with Gasteiger partial charge in [0.05, 0.1) is 0 Å². The Morgan fingerprint density at radius 3 is 2.67 bits per heavy atom. The van der Waals surface area contributed by atoms with Crippen LogP contribution in [0.15, 0.2) is 0 Å². The van der Waals surface area contributed by atoms with E-state index < -0.39 is 0 Å². The molecule has 0 spiro atoms. The van der Waals surface area contributed by atoms with Crippen molar-refractivity contribution < 1.29 is 0 Å². The van der Waals surface area contributed by atoms with Gasteiger partial charge in [0.1, 0.15) is 0 Å². The predicted molar refractivity (Wildman–Crippen MR) is 57.8 cm³/mol. The lowest BCUT2D eigenvalue weighted by atomic mass is 9.89. The van der Waals surface area contributed by atoms with Gasteiger partial charge in [0.25, 0.3) is 0 Å². The van der Waals surface area contributed by atoms with E-state index in [0.717, 1.165) is 5.92 Å². The van der Waals surface area contributed by atoms with Crippen LogP contribution in [-0.4, -0.2) is 25.1 Å². The van der Waals surface area contributed by atoms with Gasteiger partial charge in [-0.15, -0.1) is 0 Å². The van der Waals surface area contributed by atoms with E-state index in [9.17, 15) is 0 Å². The molecule has 72 valence electrons. The molecule has 1 fully saturated rings. The number of rotatable bonds is 5. The molecule has 0 aromatic carbocycles. The quantitative estimate of drug-likeness (QED) is 0.664. The lowest BCUT2D eigenvalue weighted by Crippen LogP contribution is -2.26. The molecule has 0 aromatic heterocycles. The second-order valence-corrected chi connectivity index (χ2v) is 4.69. The number of hydrogen-bond acceptors (Lipinski definition) is 2. The van der Waals surface area contributed by atoms with Crippen LogP contribution in [0.4, 0.5) is 0 Å². The van der Waals surface area contributed by atoms with Crippen molar-refractivity contribution in [2.45, 2.75) is 32.1 Å². The van der Waals surface area contributed by atoms with Crippen LogP contribution >= 0.6 is 11.8 Å². The van der Waals surface area contributed by atoms with Crippen LogP contribution < -0.4 is 5.32 Å². The van der Waals surface area contributed by atoms with Gasteiger partial charge in [-0.25, -0.2) is 0 Å². The van der Waals surface area contributed by atoms with E-state index in [1.807, 2.05) is 11.8 Å². The number of nitrogens with one attached hydrogen (secondary N) is 1. The molecule has 0 atom stereocenters. The minimum atomic E-state index is 0.987. The summed E-state index contributed by atoms with van der Waals surface area (Å²) in [5.74, 6) is 2.24. The van der Waals surface area contributed by atoms with Crippen molar-refractivity contribution in [1.29, 1.82) is 0 Å². The average molecular weight is 187 g/mol. The highest BCUT2D eigenvalue weighted by molar-refractivity contribution is 7.98. The van der Waals surface area contributed by atoms with Gasteiger partial charge in [0, 0.05) is 12.3 Å². The van der Waals surface area contributed by atoms with Gasteiger partial charge in [-0.3, -0.25) is 0 Å². The molecule has 1 N–H and O–H groups in total. The normalized spacial score (nSPS) is 19.8. The van der Waals surface area contributed by atoms with Crippen molar-refractivity contribution in [1.82, 2.24) is 5.32 Å². The molecule has 0 radical (unpaired) electrons. The topological polar surface area (TPSA) is 12.0 Å². The molecule has 2 heteroatoms. The van der Waals surface area contributed by atoms with E-state index in [1.54, 1.807) is 0 Å². The summed E-state index contributed by atoms with van der Waals surface area (Å²) >= 11 is 1.93. The van der Waals surface area contributed by atoms with Crippen LogP contribution in [0.1, 0.15) is 32.1 Å². The first-order chi connectivity index (χ1) is 5.93. The van der Waals surface area contributed by atoms with E-state index in [-0.39, 0.29) is 0 Å². The Bertz CT molecular complexity index is 100.